The third-order valence-electron chi connectivity index (χ3n) is 7.63. The molecule has 5 rings (SSSR count). The highest BCUT2D eigenvalue weighted by molar-refractivity contribution is 6.04. The van der Waals surface area contributed by atoms with Crippen molar-refractivity contribution in [2.45, 2.75) is 57.1 Å². The summed E-state index contributed by atoms with van der Waals surface area (Å²) in [5, 5.41) is 3.17. The molecule has 6 nitrogen and oxygen atoms in total. The van der Waals surface area contributed by atoms with Gasteiger partial charge in [-0.05, 0) is 62.6 Å². The Morgan fingerprint density at radius 3 is 2.60 bits per heavy atom. The Morgan fingerprint density at radius 1 is 1.11 bits per heavy atom. The van der Waals surface area contributed by atoms with Gasteiger partial charge in [0.2, 0.25) is 0 Å². The van der Waals surface area contributed by atoms with Gasteiger partial charge in [-0.1, -0.05) is 6.07 Å². The predicted octanol–water partition coefficient (Wildman–Crippen LogP) is 4.59. The number of anilines is 2. The average Bonchev–Trinajstić information content (AvgIpc) is 3.18. The first-order valence-electron chi connectivity index (χ1n) is 12.3. The molecule has 0 radical (unpaired) electrons. The monoisotopic (exact) mass is 485 g/mol. The second kappa shape index (κ2) is 9.15. The number of carbonyl (C=O) groups excluding carboxylic acids is 1. The van der Waals surface area contributed by atoms with Crippen molar-refractivity contribution in [3.8, 4) is 0 Å². The fraction of sp³-hybridized carbons (Fsp3) is 0.519. The van der Waals surface area contributed by atoms with Gasteiger partial charge in [0.15, 0.2) is 11.6 Å². The highest BCUT2D eigenvalue weighted by atomic mass is 19.1. The van der Waals surface area contributed by atoms with Gasteiger partial charge in [0.25, 0.3) is 0 Å². The predicted molar refractivity (Wildman–Crippen MR) is 131 cm³/mol. The number of likely N-dealkylation sites (tertiary alicyclic amines) is 1. The number of hydrogen-bond acceptors (Lipinski definition) is 6. The van der Waals surface area contributed by atoms with Gasteiger partial charge in [-0.25, -0.2) is 8.78 Å². The number of nitrogens with one attached hydrogen (secondary N) is 1. The highest BCUT2D eigenvalue weighted by Crippen LogP contribution is 2.42. The fourth-order valence-corrected chi connectivity index (χ4v) is 5.58. The molecule has 1 N–H and O–H groups in total. The summed E-state index contributed by atoms with van der Waals surface area (Å²) in [5.74, 6) is -1.26. The second-order valence-electron chi connectivity index (χ2n) is 10.5. The van der Waals surface area contributed by atoms with Crippen LogP contribution in [0.5, 0.6) is 0 Å². The number of halogens is 2. The maximum atomic E-state index is 14.4. The Morgan fingerprint density at radius 2 is 1.89 bits per heavy atom. The minimum Gasteiger partial charge on any atom is -0.380 e. The first kappa shape index (κ1) is 24.2. The Bertz CT molecular complexity index is 1110. The summed E-state index contributed by atoms with van der Waals surface area (Å²) in [5.41, 5.74) is 2.54. The van der Waals surface area contributed by atoms with E-state index in [4.69, 9.17) is 9.47 Å². The van der Waals surface area contributed by atoms with Crippen LogP contribution in [0.2, 0.25) is 0 Å². The lowest BCUT2D eigenvalue weighted by Gasteiger charge is -2.51. The lowest BCUT2D eigenvalue weighted by molar-refractivity contribution is -0.136. The third kappa shape index (κ3) is 4.92. The van der Waals surface area contributed by atoms with Crippen LogP contribution in [0, 0.1) is 11.6 Å². The van der Waals surface area contributed by atoms with E-state index in [9.17, 15) is 13.6 Å². The zero-order valence-electron chi connectivity index (χ0n) is 20.6. The Kier molecular flexibility index (Phi) is 6.32. The minimum absolute atomic E-state index is 0.0142. The van der Waals surface area contributed by atoms with Crippen LogP contribution in [-0.2, 0) is 16.0 Å². The SMILES string of the molecule is CN1c2ccc(F)cc2C(=O)CC12CCN(Cc1ccc(F)c(NC[C@H]3COC(C)(C)O3)c1)CC2. The van der Waals surface area contributed by atoms with Gasteiger partial charge in [-0.15, -0.1) is 0 Å². The number of Topliss-reactive ketones (excluding diaryl/α,β-unsaturated/α-hetero) is 1. The number of nitrogens with zero attached hydrogens (tertiary/aromatic N) is 2. The first-order chi connectivity index (χ1) is 16.6. The largest absolute Gasteiger partial charge is 0.380 e. The van der Waals surface area contributed by atoms with Gasteiger partial charge in [-0.2, -0.15) is 0 Å². The van der Waals surface area contributed by atoms with Gasteiger partial charge in [0.1, 0.15) is 17.7 Å². The summed E-state index contributed by atoms with van der Waals surface area (Å²) in [6.45, 7) is 7.07. The molecule has 3 aliphatic heterocycles. The Labute approximate surface area is 205 Å². The van der Waals surface area contributed by atoms with Crippen LogP contribution in [0.4, 0.5) is 20.2 Å². The van der Waals surface area contributed by atoms with Crippen molar-refractivity contribution in [3.63, 3.8) is 0 Å². The van der Waals surface area contributed by atoms with Crippen molar-refractivity contribution in [1.82, 2.24) is 4.90 Å². The van der Waals surface area contributed by atoms with Crippen LogP contribution in [0.3, 0.4) is 0 Å². The van der Waals surface area contributed by atoms with E-state index in [0.29, 0.717) is 37.4 Å². The maximum absolute atomic E-state index is 14.4. The number of ether oxygens (including phenoxy) is 2. The zero-order chi connectivity index (χ0) is 24.8. The van der Waals surface area contributed by atoms with E-state index >= 15 is 0 Å². The number of benzene rings is 2. The molecule has 1 spiro atoms. The number of piperidine rings is 1. The van der Waals surface area contributed by atoms with Gasteiger partial charge < -0.3 is 19.7 Å². The van der Waals surface area contributed by atoms with Crippen molar-refractivity contribution in [2.75, 3.05) is 43.5 Å². The van der Waals surface area contributed by atoms with Crippen LogP contribution in [-0.4, -0.2) is 61.4 Å². The Balaban J connectivity index is 1.20. The summed E-state index contributed by atoms with van der Waals surface area (Å²) >= 11 is 0. The van der Waals surface area contributed by atoms with Crippen LogP contribution in [0.25, 0.3) is 0 Å². The normalized spacial score (nSPS) is 23.5. The van der Waals surface area contributed by atoms with E-state index in [2.05, 4.69) is 15.1 Å². The highest BCUT2D eigenvalue weighted by Gasteiger charge is 2.44. The number of fused-ring (bicyclic) bond motifs is 1. The molecule has 0 amide bonds. The van der Waals surface area contributed by atoms with Crippen molar-refractivity contribution < 1.29 is 23.0 Å². The zero-order valence-corrected chi connectivity index (χ0v) is 20.6. The molecule has 2 fully saturated rings. The lowest BCUT2D eigenvalue weighted by Crippen LogP contribution is -2.57. The molecular weight excluding hydrogens is 452 g/mol. The molecule has 1 atom stereocenters. The summed E-state index contributed by atoms with van der Waals surface area (Å²) in [7, 11) is 2.01. The molecule has 0 aliphatic carbocycles. The molecule has 3 aliphatic rings. The third-order valence-corrected chi connectivity index (χ3v) is 7.63. The van der Waals surface area contributed by atoms with Crippen molar-refractivity contribution in [3.05, 3.63) is 59.2 Å². The molecular formula is C27H33F2N3O3. The van der Waals surface area contributed by atoms with Crippen LogP contribution in [0.1, 0.15) is 49.0 Å². The van der Waals surface area contributed by atoms with Crippen molar-refractivity contribution >= 4 is 17.2 Å². The molecule has 3 heterocycles. The molecule has 188 valence electrons. The minimum atomic E-state index is -0.604. The van der Waals surface area contributed by atoms with Gasteiger partial charge in [0.05, 0.1) is 12.3 Å². The molecule has 2 aromatic carbocycles. The van der Waals surface area contributed by atoms with Crippen LogP contribution >= 0.6 is 0 Å². The van der Waals surface area contributed by atoms with Gasteiger partial charge in [-0.3, -0.25) is 9.69 Å². The molecule has 0 unspecified atom stereocenters. The van der Waals surface area contributed by atoms with Gasteiger partial charge in [0, 0.05) is 56.4 Å². The number of carbonyl (C=O) groups is 1. The quantitative estimate of drug-likeness (QED) is 0.669. The van der Waals surface area contributed by atoms with E-state index in [1.165, 1.54) is 18.2 Å². The van der Waals surface area contributed by atoms with E-state index in [-0.39, 0.29) is 29.1 Å². The number of ketones is 1. The Hall–Kier alpha value is -2.55. The van der Waals surface area contributed by atoms with Crippen LogP contribution < -0.4 is 10.2 Å². The van der Waals surface area contributed by atoms with E-state index < -0.39 is 5.79 Å². The summed E-state index contributed by atoms with van der Waals surface area (Å²) in [4.78, 5) is 17.3. The average molecular weight is 486 g/mol. The molecule has 2 saturated heterocycles. The smallest absolute Gasteiger partial charge is 0.167 e. The summed E-state index contributed by atoms with van der Waals surface area (Å²) in [6, 6.07) is 9.67. The van der Waals surface area contributed by atoms with Crippen molar-refractivity contribution in [1.29, 1.82) is 0 Å². The van der Waals surface area contributed by atoms with Crippen LogP contribution in [0.15, 0.2) is 36.4 Å². The first-order valence-corrected chi connectivity index (χ1v) is 12.3. The molecule has 8 heteroatoms. The maximum Gasteiger partial charge on any atom is 0.167 e. The molecule has 2 aromatic rings. The van der Waals surface area contributed by atoms with Gasteiger partial charge >= 0.3 is 0 Å². The standard InChI is InChI=1S/C27H33F2N3O3/c1-26(2)34-17-20(35-26)15-30-23-12-18(4-6-22(23)29)16-32-10-8-27(9-11-32)14-25(33)21-13-19(28)5-7-24(21)31(27)3/h4-7,12-13,20,30H,8-11,14-17H2,1-3H3/t20-/m0/s1. The van der Waals surface area contributed by atoms with E-state index in [0.717, 1.165) is 37.2 Å². The molecule has 0 aromatic heterocycles. The molecule has 0 saturated carbocycles. The van der Waals surface area contributed by atoms with E-state index in [1.54, 1.807) is 6.07 Å². The topological polar surface area (TPSA) is 54.0 Å². The van der Waals surface area contributed by atoms with Crippen molar-refractivity contribution in [2.24, 2.45) is 0 Å². The molecule has 0 bridgehead atoms. The second-order valence-corrected chi connectivity index (χ2v) is 10.5. The number of rotatable bonds is 5. The lowest BCUT2D eigenvalue weighted by atomic mass is 9.76. The summed E-state index contributed by atoms with van der Waals surface area (Å²) < 4.78 is 39.5. The summed E-state index contributed by atoms with van der Waals surface area (Å²) in [6.07, 6.45) is 1.96. The fourth-order valence-electron chi connectivity index (χ4n) is 5.58. The number of hydrogen-bond donors (Lipinski definition) is 1. The van der Waals surface area contributed by atoms with E-state index in [1.807, 2.05) is 33.0 Å². The molecule has 35 heavy (non-hydrogen) atoms.